The fourth-order valence-corrected chi connectivity index (χ4v) is 1.87. The van der Waals surface area contributed by atoms with Crippen molar-refractivity contribution in [1.29, 1.82) is 0 Å². The maximum absolute atomic E-state index is 12.4. The van der Waals surface area contributed by atoms with E-state index in [4.69, 9.17) is 5.11 Å². The summed E-state index contributed by atoms with van der Waals surface area (Å²) in [7, 11) is 0. The molecule has 1 fully saturated rings. The zero-order chi connectivity index (χ0) is 12.3. The molecule has 0 aliphatic carbocycles. The topological polar surface area (TPSA) is 70.0 Å². The number of hydrogen-bond donors (Lipinski definition) is 1. The number of hydrogen-bond acceptors (Lipinski definition) is 3. The van der Waals surface area contributed by atoms with Gasteiger partial charge in [0.25, 0.3) is 0 Å². The summed E-state index contributed by atoms with van der Waals surface area (Å²) in [5.41, 5.74) is 0. The molecular formula is C8H11F3N2O3. The Balaban J connectivity index is 2.63. The smallest absolute Gasteiger partial charge is 0.410 e. The monoisotopic (exact) mass is 240 g/mol. The summed E-state index contributed by atoms with van der Waals surface area (Å²) in [5, 5.41) is 11.2. The van der Waals surface area contributed by atoms with Gasteiger partial charge in [0, 0.05) is 6.42 Å². The first-order valence-corrected chi connectivity index (χ1v) is 4.76. The number of carbonyl (C=O) groups is 1. The van der Waals surface area contributed by atoms with E-state index in [9.17, 15) is 22.9 Å². The van der Waals surface area contributed by atoms with E-state index in [2.05, 4.69) is 5.29 Å². The van der Waals surface area contributed by atoms with E-state index in [0.29, 0.717) is 5.01 Å². The molecule has 1 aliphatic rings. The highest BCUT2D eigenvalue weighted by molar-refractivity contribution is 5.66. The summed E-state index contributed by atoms with van der Waals surface area (Å²) >= 11 is 0. The zero-order valence-electron chi connectivity index (χ0n) is 8.28. The molecule has 0 bridgehead atoms. The van der Waals surface area contributed by atoms with E-state index >= 15 is 0 Å². The molecule has 0 aromatic carbocycles. The van der Waals surface area contributed by atoms with Crippen LogP contribution in [0, 0.1) is 4.91 Å². The third-order valence-corrected chi connectivity index (χ3v) is 2.63. The highest BCUT2D eigenvalue weighted by Crippen LogP contribution is 2.37. The van der Waals surface area contributed by atoms with E-state index in [-0.39, 0.29) is 25.7 Å². The molecule has 2 atom stereocenters. The van der Waals surface area contributed by atoms with Crippen LogP contribution in [-0.2, 0) is 4.79 Å². The number of halogens is 3. The third-order valence-electron chi connectivity index (χ3n) is 2.63. The molecule has 0 radical (unpaired) electrons. The Labute approximate surface area is 89.2 Å². The van der Waals surface area contributed by atoms with Crippen LogP contribution in [0.1, 0.15) is 25.7 Å². The second kappa shape index (κ2) is 4.67. The van der Waals surface area contributed by atoms with Crippen molar-refractivity contribution in [3.05, 3.63) is 4.91 Å². The van der Waals surface area contributed by atoms with Crippen molar-refractivity contribution >= 4 is 5.97 Å². The quantitative estimate of drug-likeness (QED) is 0.762. The number of nitrogens with zero attached hydrogens (tertiary/aromatic N) is 2. The van der Waals surface area contributed by atoms with Crippen molar-refractivity contribution in [2.24, 2.45) is 5.29 Å². The maximum atomic E-state index is 12.4. The van der Waals surface area contributed by atoms with Gasteiger partial charge in [-0.15, -0.1) is 4.91 Å². The van der Waals surface area contributed by atoms with Gasteiger partial charge in [0.15, 0.2) is 0 Å². The molecule has 8 heteroatoms. The SMILES string of the molecule is O=NN1C(CCC(=O)O)CCC1C(F)(F)F. The van der Waals surface area contributed by atoms with Gasteiger partial charge in [-0.3, -0.25) is 4.79 Å². The van der Waals surface area contributed by atoms with E-state index < -0.39 is 24.2 Å². The molecule has 0 aromatic rings. The Morgan fingerprint density at radius 2 is 2.06 bits per heavy atom. The fraction of sp³-hybridized carbons (Fsp3) is 0.875. The zero-order valence-corrected chi connectivity index (χ0v) is 8.28. The lowest BCUT2D eigenvalue weighted by Crippen LogP contribution is -2.41. The first kappa shape index (κ1) is 12.7. The Morgan fingerprint density at radius 3 is 2.50 bits per heavy atom. The van der Waals surface area contributed by atoms with Gasteiger partial charge in [0.1, 0.15) is 6.04 Å². The molecule has 1 aliphatic heterocycles. The van der Waals surface area contributed by atoms with E-state index in [0.717, 1.165) is 0 Å². The van der Waals surface area contributed by atoms with Crippen LogP contribution in [0.5, 0.6) is 0 Å². The van der Waals surface area contributed by atoms with Gasteiger partial charge in [-0.1, -0.05) is 0 Å². The van der Waals surface area contributed by atoms with Crippen LogP contribution in [0.15, 0.2) is 5.29 Å². The molecule has 5 nitrogen and oxygen atoms in total. The van der Waals surface area contributed by atoms with Gasteiger partial charge in [-0.2, -0.15) is 13.2 Å². The van der Waals surface area contributed by atoms with Gasteiger partial charge >= 0.3 is 12.1 Å². The molecule has 1 rings (SSSR count). The number of alkyl halides is 3. The number of rotatable bonds is 4. The van der Waals surface area contributed by atoms with Crippen LogP contribution in [0.25, 0.3) is 0 Å². The molecule has 92 valence electrons. The van der Waals surface area contributed by atoms with Crippen molar-refractivity contribution in [3.63, 3.8) is 0 Å². The number of carboxylic acids is 1. The Morgan fingerprint density at radius 1 is 1.44 bits per heavy atom. The lowest BCUT2D eigenvalue weighted by atomic mass is 10.1. The summed E-state index contributed by atoms with van der Waals surface area (Å²) in [4.78, 5) is 20.6. The molecule has 0 saturated carbocycles. The highest BCUT2D eigenvalue weighted by Gasteiger charge is 2.50. The summed E-state index contributed by atoms with van der Waals surface area (Å²) < 4.78 is 37.2. The molecule has 0 spiro atoms. The second-order valence-corrected chi connectivity index (χ2v) is 3.68. The van der Waals surface area contributed by atoms with E-state index in [1.165, 1.54) is 0 Å². The molecular weight excluding hydrogens is 229 g/mol. The van der Waals surface area contributed by atoms with Crippen LogP contribution in [0.2, 0.25) is 0 Å². The normalized spacial score (nSPS) is 25.8. The fourth-order valence-electron chi connectivity index (χ4n) is 1.87. The van der Waals surface area contributed by atoms with Gasteiger partial charge < -0.3 is 5.11 Å². The predicted molar refractivity (Wildman–Crippen MR) is 47.4 cm³/mol. The lowest BCUT2D eigenvalue weighted by Gasteiger charge is -2.25. The van der Waals surface area contributed by atoms with Gasteiger partial charge in [0.05, 0.1) is 11.3 Å². The van der Waals surface area contributed by atoms with Crippen molar-refractivity contribution in [1.82, 2.24) is 5.01 Å². The van der Waals surface area contributed by atoms with E-state index in [1.54, 1.807) is 0 Å². The van der Waals surface area contributed by atoms with Gasteiger partial charge in [-0.05, 0) is 19.3 Å². The summed E-state index contributed by atoms with van der Waals surface area (Å²) in [5.74, 6) is -1.10. The predicted octanol–water partition coefficient (Wildman–Crippen LogP) is 1.93. The van der Waals surface area contributed by atoms with Gasteiger partial charge in [0.2, 0.25) is 0 Å². The number of nitroso groups, excluding NO2 is 1. The molecule has 1 heterocycles. The highest BCUT2D eigenvalue weighted by atomic mass is 19.4. The number of aliphatic carboxylic acids is 1. The van der Waals surface area contributed by atoms with Crippen molar-refractivity contribution in [2.45, 2.75) is 43.9 Å². The van der Waals surface area contributed by atoms with Crippen LogP contribution in [-0.4, -0.2) is 34.3 Å². The second-order valence-electron chi connectivity index (χ2n) is 3.68. The Hall–Kier alpha value is -1.34. The maximum Gasteiger partial charge on any atom is 0.410 e. The van der Waals surface area contributed by atoms with Crippen molar-refractivity contribution < 1.29 is 23.1 Å². The minimum Gasteiger partial charge on any atom is -0.481 e. The summed E-state index contributed by atoms with van der Waals surface area (Å²) in [6, 6.07) is -2.59. The number of carboxylic acid groups (broad SMARTS) is 1. The summed E-state index contributed by atoms with van der Waals surface area (Å²) in [6.07, 6.45) is -4.82. The minimum atomic E-state index is -4.49. The molecule has 0 amide bonds. The molecule has 1 N–H and O–H groups in total. The Bertz CT molecular complexity index is 282. The Kier molecular flexibility index (Phi) is 3.71. The largest absolute Gasteiger partial charge is 0.481 e. The average molecular weight is 240 g/mol. The average Bonchev–Trinajstić information content (AvgIpc) is 2.56. The molecule has 16 heavy (non-hydrogen) atoms. The van der Waals surface area contributed by atoms with E-state index in [1.807, 2.05) is 0 Å². The lowest BCUT2D eigenvalue weighted by molar-refractivity contribution is -0.179. The molecule has 2 unspecified atom stereocenters. The standard InChI is InChI=1S/C8H11F3N2O3/c9-8(10,11)6-3-1-5(13(6)12-16)2-4-7(14)15/h5-6H,1-4H2,(H,14,15). The van der Waals surface area contributed by atoms with Crippen LogP contribution in [0.4, 0.5) is 13.2 Å². The molecule has 0 aromatic heterocycles. The van der Waals surface area contributed by atoms with Crippen molar-refractivity contribution in [3.8, 4) is 0 Å². The minimum absolute atomic E-state index is 0.00759. The summed E-state index contributed by atoms with van der Waals surface area (Å²) in [6.45, 7) is 0. The van der Waals surface area contributed by atoms with Gasteiger partial charge in [-0.25, -0.2) is 5.01 Å². The van der Waals surface area contributed by atoms with Crippen molar-refractivity contribution in [2.75, 3.05) is 0 Å². The third kappa shape index (κ3) is 2.83. The first-order chi connectivity index (χ1) is 7.36. The van der Waals surface area contributed by atoms with Crippen LogP contribution >= 0.6 is 0 Å². The first-order valence-electron chi connectivity index (χ1n) is 4.76. The molecule has 1 saturated heterocycles. The van der Waals surface area contributed by atoms with Crippen LogP contribution in [0.3, 0.4) is 0 Å². The van der Waals surface area contributed by atoms with Crippen LogP contribution < -0.4 is 0 Å².